The second-order valence-electron chi connectivity index (χ2n) is 8.43. The number of fused-ring (bicyclic) bond motifs is 2. The summed E-state index contributed by atoms with van der Waals surface area (Å²) in [7, 11) is 0. The molecule has 0 saturated heterocycles. The number of rotatable bonds is 6. The highest BCUT2D eigenvalue weighted by atomic mass is 32.1. The Morgan fingerprint density at radius 1 is 1.14 bits per heavy atom. The van der Waals surface area contributed by atoms with Crippen molar-refractivity contribution in [2.45, 2.75) is 13.0 Å². The van der Waals surface area contributed by atoms with Crippen molar-refractivity contribution in [2.24, 2.45) is 0 Å². The van der Waals surface area contributed by atoms with E-state index in [0.29, 0.717) is 34.4 Å². The molecule has 184 valence electrons. The number of furan rings is 1. The van der Waals surface area contributed by atoms with Gasteiger partial charge in [-0.2, -0.15) is 0 Å². The number of Topliss-reactive ketones (excluding diaryl/α,β-unsaturated/α-hetero) is 1. The minimum absolute atomic E-state index is 0.0184. The minimum atomic E-state index is -1.04. The largest absolute Gasteiger partial charge is 0.503 e. The number of amides is 1. The van der Waals surface area contributed by atoms with Crippen LogP contribution < -0.4 is 9.64 Å². The summed E-state index contributed by atoms with van der Waals surface area (Å²) in [6.45, 7) is 2.38. The number of hydrogen-bond donors (Lipinski definition) is 1. The number of hydrogen-bond acceptors (Lipinski definition) is 7. The summed E-state index contributed by atoms with van der Waals surface area (Å²) < 4.78 is 25.9. The van der Waals surface area contributed by atoms with Crippen molar-refractivity contribution < 1.29 is 28.2 Å². The van der Waals surface area contributed by atoms with E-state index in [4.69, 9.17) is 9.15 Å². The van der Waals surface area contributed by atoms with Gasteiger partial charge in [-0.15, -0.1) is 0 Å². The second kappa shape index (κ2) is 8.86. The van der Waals surface area contributed by atoms with Gasteiger partial charge in [-0.3, -0.25) is 14.5 Å². The maximum absolute atomic E-state index is 13.8. The summed E-state index contributed by atoms with van der Waals surface area (Å²) in [6, 6.07) is 18.5. The highest BCUT2D eigenvalue weighted by Crippen LogP contribution is 2.44. The highest BCUT2D eigenvalue weighted by Gasteiger charge is 2.46. The number of carbonyl (C=O) groups excluding carboxylic acids is 2. The van der Waals surface area contributed by atoms with E-state index < -0.39 is 29.3 Å². The molecule has 1 atom stereocenters. The average molecular weight is 515 g/mol. The second-order valence-corrected chi connectivity index (χ2v) is 9.44. The van der Waals surface area contributed by atoms with Gasteiger partial charge >= 0.3 is 0 Å². The number of ketones is 1. The van der Waals surface area contributed by atoms with E-state index >= 15 is 0 Å². The van der Waals surface area contributed by atoms with Gasteiger partial charge in [0.05, 0.1) is 28.4 Å². The van der Waals surface area contributed by atoms with Crippen LogP contribution in [0.15, 0.2) is 88.5 Å². The van der Waals surface area contributed by atoms with Gasteiger partial charge in [0.1, 0.15) is 17.1 Å². The number of aromatic nitrogens is 1. The molecule has 1 amide bonds. The molecule has 7 nitrogen and oxygen atoms in total. The summed E-state index contributed by atoms with van der Waals surface area (Å²) in [5.41, 5.74) is 1.41. The average Bonchev–Trinajstić information content (AvgIpc) is 3.58. The SMILES string of the molecule is CCOc1ccc2nc(N3C(=O)C(O)=C(C(=O)c4cc5ccccc5o4)[C@H]3c3ccc(F)cc3)sc2c1. The lowest BCUT2D eigenvalue weighted by molar-refractivity contribution is -0.117. The van der Waals surface area contributed by atoms with Crippen molar-refractivity contribution in [2.75, 3.05) is 11.5 Å². The Kier molecular flexibility index (Phi) is 5.49. The molecule has 0 fully saturated rings. The number of halogens is 1. The number of aliphatic hydroxyl groups is 1. The van der Waals surface area contributed by atoms with E-state index in [9.17, 15) is 19.1 Å². The Morgan fingerprint density at radius 3 is 2.68 bits per heavy atom. The van der Waals surface area contributed by atoms with Crippen molar-refractivity contribution in [3.8, 4) is 5.75 Å². The topological polar surface area (TPSA) is 92.9 Å². The molecule has 2 aromatic heterocycles. The van der Waals surface area contributed by atoms with Crippen molar-refractivity contribution >= 4 is 49.3 Å². The number of anilines is 1. The molecule has 0 saturated carbocycles. The number of para-hydroxylation sites is 1. The molecule has 5 aromatic rings. The predicted molar refractivity (Wildman–Crippen MR) is 138 cm³/mol. The van der Waals surface area contributed by atoms with Crippen LogP contribution in [-0.4, -0.2) is 28.4 Å². The minimum Gasteiger partial charge on any atom is -0.503 e. The van der Waals surface area contributed by atoms with Gasteiger partial charge in [0.15, 0.2) is 16.7 Å². The van der Waals surface area contributed by atoms with E-state index in [1.807, 2.05) is 19.1 Å². The third-order valence-electron chi connectivity index (χ3n) is 6.15. The molecule has 1 aliphatic heterocycles. The Balaban J connectivity index is 1.48. The van der Waals surface area contributed by atoms with Crippen LogP contribution in [-0.2, 0) is 4.79 Å². The van der Waals surface area contributed by atoms with Gasteiger partial charge in [-0.05, 0) is 55.0 Å². The lowest BCUT2D eigenvalue weighted by atomic mass is 9.95. The third kappa shape index (κ3) is 3.84. The molecular formula is C28H19FN2O5S. The molecule has 0 spiro atoms. The fourth-order valence-corrected chi connectivity index (χ4v) is 5.49. The van der Waals surface area contributed by atoms with Gasteiger partial charge in [0.2, 0.25) is 5.78 Å². The first-order chi connectivity index (χ1) is 17.9. The number of carbonyl (C=O) groups is 2. The fourth-order valence-electron chi connectivity index (χ4n) is 4.47. The van der Waals surface area contributed by atoms with E-state index in [-0.39, 0.29) is 16.5 Å². The van der Waals surface area contributed by atoms with Crippen LogP contribution in [0.2, 0.25) is 0 Å². The van der Waals surface area contributed by atoms with Crippen LogP contribution >= 0.6 is 11.3 Å². The molecule has 0 radical (unpaired) electrons. The molecule has 3 aromatic carbocycles. The zero-order valence-electron chi connectivity index (χ0n) is 19.5. The lowest BCUT2D eigenvalue weighted by Gasteiger charge is -2.24. The van der Waals surface area contributed by atoms with E-state index in [1.54, 1.807) is 36.4 Å². The number of ether oxygens (including phenoxy) is 1. The van der Waals surface area contributed by atoms with Crippen LogP contribution in [0.5, 0.6) is 5.75 Å². The number of benzene rings is 3. The molecule has 1 N–H and O–H groups in total. The molecule has 37 heavy (non-hydrogen) atoms. The van der Waals surface area contributed by atoms with E-state index in [2.05, 4.69) is 4.98 Å². The summed E-state index contributed by atoms with van der Waals surface area (Å²) in [5, 5.41) is 12.0. The molecule has 6 rings (SSSR count). The number of nitrogens with zero attached hydrogens (tertiary/aromatic N) is 2. The van der Waals surface area contributed by atoms with E-state index in [0.717, 1.165) is 4.70 Å². The molecule has 0 aliphatic carbocycles. The zero-order chi connectivity index (χ0) is 25.7. The maximum atomic E-state index is 13.8. The van der Waals surface area contributed by atoms with Crippen LogP contribution in [0.4, 0.5) is 9.52 Å². The van der Waals surface area contributed by atoms with Gasteiger partial charge in [-0.25, -0.2) is 9.37 Å². The number of thiazole rings is 1. The van der Waals surface area contributed by atoms with Gasteiger partial charge in [0, 0.05) is 5.39 Å². The molecule has 9 heteroatoms. The molecule has 1 aliphatic rings. The van der Waals surface area contributed by atoms with Crippen molar-refractivity contribution in [3.05, 3.63) is 101 Å². The molecule has 3 heterocycles. The van der Waals surface area contributed by atoms with Crippen molar-refractivity contribution in [3.63, 3.8) is 0 Å². The Hall–Kier alpha value is -4.50. The first-order valence-electron chi connectivity index (χ1n) is 11.5. The standard InChI is InChI=1S/C28H19FN2O5S/c1-2-35-18-11-12-19-22(14-18)37-28(30-19)31-24(15-7-9-17(29)10-8-15)23(26(33)27(31)34)25(32)21-13-16-5-3-4-6-20(16)36-21/h3-14,24,33H,2H2,1H3/t24-/m1/s1. The van der Waals surface area contributed by atoms with Crippen LogP contribution in [0, 0.1) is 5.82 Å². The lowest BCUT2D eigenvalue weighted by Crippen LogP contribution is -2.30. The van der Waals surface area contributed by atoms with Gasteiger partial charge < -0.3 is 14.3 Å². The van der Waals surface area contributed by atoms with Crippen LogP contribution in [0.3, 0.4) is 0 Å². The molecular weight excluding hydrogens is 495 g/mol. The summed E-state index contributed by atoms with van der Waals surface area (Å²) >= 11 is 1.22. The first kappa shape index (κ1) is 22.9. The molecule has 0 bridgehead atoms. The monoisotopic (exact) mass is 514 g/mol. The predicted octanol–water partition coefficient (Wildman–Crippen LogP) is 6.36. The third-order valence-corrected chi connectivity index (χ3v) is 7.17. The highest BCUT2D eigenvalue weighted by molar-refractivity contribution is 7.22. The Labute approximate surface area is 214 Å². The van der Waals surface area contributed by atoms with Crippen molar-refractivity contribution in [1.29, 1.82) is 0 Å². The van der Waals surface area contributed by atoms with Crippen LogP contribution in [0.1, 0.15) is 29.1 Å². The Bertz CT molecular complexity index is 1690. The quantitative estimate of drug-likeness (QED) is 0.265. The van der Waals surface area contributed by atoms with Crippen molar-refractivity contribution in [1.82, 2.24) is 4.98 Å². The zero-order valence-corrected chi connectivity index (χ0v) is 20.3. The normalized spacial score (nSPS) is 15.8. The molecule has 0 unspecified atom stereocenters. The first-order valence-corrected chi connectivity index (χ1v) is 12.3. The smallest absolute Gasteiger partial charge is 0.296 e. The van der Waals surface area contributed by atoms with Gasteiger partial charge in [-0.1, -0.05) is 41.7 Å². The summed E-state index contributed by atoms with van der Waals surface area (Å²) in [6.07, 6.45) is 0. The van der Waals surface area contributed by atoms with Gasteiger partial charge in [0.25, 0.3) is 5.91 Å². The fraction of sp³-hybridized carbons (Fsp3) is 0.107. The summed E-state index contributed by atoms with van der Waals surface area (Å²) in [4.78, 5) is 33.0. The maximum Gasteiger partial charge on any atom is 0.296 e. The number of aliphatic hydroxyl groups excluding tert-OH is 1. The summed E-state index contributed by atoms with van der Waals surface area (Å²) in [5.74, 6) is -1.95. The van der Waals surface area contributed by atoms with E-state index in [1.165, 1.54) is 40.5 Å². The van der Waals surface area contributed by atoms with Crippen LogP contribution in [0.25, 0.3) is 21.2 Å². The Morgan fingerprint density at radius 2 is 1.92 bits per heavy atom.